The molecule has 2 aliphatic heterocycles. The highest BCUT2D eigenvalue weighted by Crippen LogP contribution is 2.48. The Balaban J connectivity index is 1.39. The van der Waals surface area contributed by atoms with Crippen LogP contribution >= 0.6 is 0 Å². The van der Waals surface area contributed by atoms with Gasteiger partial charge >= 0.3 is 0 Å². The van der Waals surface area contributed by atoms with Gasteiger partial charge in [0.25, 0.3) is 0 Å². The van der Waals surface area contributed by atoms with Gasteiger partial charge in [-0.15, -0.1) is 6.58 Å². The lowest BCUT2D eigenvalue weighted by atomic mass is 9.98. The molecule has 2 fully saturated rings. The number of benzene rings is 3. The molecule has 0 aliphatic carbocycles. The average Bonchev–Trinajstić information content (AvgIpc) is 3.38. The second-order valence-corrected chi connectivity index (χ2v) is 10.7. The van der Waals surface area contributed by atoms with Crippen molar-refractivity contribution in [3.63, 3.8) is 0 Å². The predicted octanol–water partition coefficient (Wildman–Crippen LogP) is 5.77. The van der Waals surface area contributed by atoms with E-state index in [1.54, 1.807) is 0 Å². The van der Waals surface area contributed by atoms with Gasteiger partial charge in [0.15, 0.2) is 5.79 Å². The fourth-order valence-corrected chi connectivity index (χ4v) is 5.42. The largest absolute Gasteiger partial charge is 0.371 e. The second kappa shape index (κ2) is 12.6. The van der Waals surface area contributed by atoms with Gasteiger partial charge in [-0.1, -0.05) is 97.1 Å². The zero-order valence-electron chi connectivity index (χ0n) is 22.8. The summed E-state index contributed by atoms with van der Waals surface area (Å²) in [7, 11) is 0. The average molecular weight is 530 g/mol. The van der Waals surface area contributed by atoms with Crippen molar-refractivity contribution >= 4 is 0 Å². The van der Waals surface area contributed by atoms with Crippen molar-refractivity contribution in [1.29, 1.82) is 0 Å². The molecule has 5 atom stereocenters. The molecule has 5 rings (SSSR count). The summed E-state index contributed by atoms with van der Waals surface area (Å²) in [6.45, 7) is 9.63. The second-order valence-electron chi connectivity index (χ2n) is 10.7. The molecule has 206 valence electrons. The van der Waals surface area contributed by atoms with E-state index in [0.29, 0.717) is 26.2 Å². The Morgan fingerprint density at radius 1 is 0.846 bits per heavy atom. The summed E-state index contributed by atoms with van der Waals surface area (Å²) >= 11 is 0. The van der Waals surface area contributed by atoms with Crippen molar-refractivity contribution < 1.29 is 23.7 Å². The minimum absolute atomic E-state index is 0.0737. The van der Waals surface area contributed by atoms with Crippen LogP contribution in [-0.4, -0.2) is 42.5 Å². The van der Waals surface area contributed by atoms with Crippen LogP contribution in [0.3, 0.4) is 0 Å². The Kier molecular flexibility index (Phi) is 8.92. The number of fused-ring (bicyclic) bond motifs is 1. The molecule has 0 amide bonds. The molecule has 0 aromatic heterocycles. The van der Waals surface area contributed by atoms with E-state index in [4.69, 9.17) is 23.7 Å². The highest BCUT2D eigenvalue weighted by Gasteiger charge is 2.66. The molecule has 2 aliphatic rings. The Morgan fingerprint density at radius 3 is 2.05 bits per heavy atom. The normalized spacial score (nSPS) is 26.3. The highest BCUT2D eigenvalue weighted by molar-refractivity contribution is 5.17. The first kappa shape index (κ1) is 27.7. The maximum Gasteiger partial charge on any atom is 0.224 e. The van der Waals surface area contributed by atoms with Gasteiger partial charge < -0.3 is 29.0 Å². The van der Waals surface area contributed by atoms with Gasteiger partial charge in [0.1, 0.15) is 24.9 Å². The zero-order chi connectivity index (χ0) is 27.1. The van der Waals surface area contributed by atoms with E-state index in [2.05, 4.69) is 36.2 Å². The van der Waals surface area contributed by atoms with Crippen LogP contribution in [0, 0.1) is 0 Å². The predicted molar refractivity (Wildman–Crippen MR) is 151 cm³/mol. The maximum atomic E-state index is 6.84. The number of rotatable bonds is 13. The number of nitrogens with one attached hydrogen (secondary N) is 1. The molecule has 0 spiro atoms. The maximum absolute atomic E-state index is 6.84. The smallest absolute Gasteiger partial charge is 0.224 e. The molecule has 3 aromatic carbocycles. The number of hydrogen-bond donors (Lipinski definition) is 1. The van der Waals surface area contributed by atoms with E-state index in [0.717, 1.165) is 11.1 Å². The summed E-state index contributed by atoms with van der Waals surface area (Å²) in [5.41, 5.74) is 3.37. The van der Waals surface area contributed by atoms with Crippen LogP contribution in [0.4, 0.5) is 0 Å². The third kappa shape index (κ3) is 6.84. The summed E-state index contributed by atoms with van der Waals surface area (Å²) in [6.07, 6.45) is 1.40. The van der Waals surface area contributed by atoms with Crippen molar-refractivity contribution in [3.8, 4) is 0 Å². The van der Waals surface area contributed by atoms with Crippen molar-refractivity contribution in [2.24, 2.45) is 0 Å². The first-order chi connectivity index (χ1) is 19.0. The first-order valence-corrected chi connectivity index (χ1v) is 13.7. The Hall–Kier alpha value is -2.84. The first-order valence-electron chi connectivity index (χ1n) is 13.7. The van der Waals surface area contributed by atoms with Crippen LogP contribution in [0.2, 0.25) is 0 Å². The summed E-state index contributed by atoms with van der Waals surface area (Å²) < 4.78 is 32.7. The van der Waals surface area contributed by atoms with Crippen LogP contribution in [-0.2, 0) is 43.4 Å². The molecule has 3 aromatic rings. The molecule has 2 saturated heterocycles. The van der Waals surface area contributed by atoms with Crippen molar-refractivity contribution in [1.82, 2.24) is 5.32 Å². The SMILES string of the molecule is C=CC[C@@H](NCc1ccccc1)[C@@H]1O[C@@]2(COCc3ccccc3)OC(C)(C)O[C@H]2[C@@H]1OCc1ccccc1. The van der Waals surface area contributed by atoms with Gasteiger partial charge in [-0.2, -0.15) is 0 Å². The van der Waals surface area contributed by atoms with E-state index in [1.165, 1.54) is 5.56 Å². The van der Waals surface area contributed by atoms with Gasteiger partial charge in [0, 0.05) is 12.6 Å². The summed E-state index contributed by atoms with van der Waals surface area (Å²) in [6, 6.07) is 30.5. The molecule has 0 radical (unpaired) electrons. The topological polar surface area (TPSA) is 58.2 Å². The third-order valence-corrected chi connectivity index (χ3v) is 7.15. The fourth-order valence-electron chi connectivity index (χ4n) is 5.42. The van der Waals surface area contributed by atoms with E-state index in [9.17, 15) is 0 Å². The minimum Gasteiger partial charge on any atom is -0.371 e. The lowest BCUT2D eigenvalue weighted by molar-refractivity contribution is -0.282. The monoisotopic (exact) mass is 529 g/mol. The standard InChI is InChI=1S/C33H39NO5/c1-4-14-28(34-21-25-15-8-5-9-16-25)29-30(36-23-27-19-12-7-13-20-27)31-33(37-29,39-32(2,3)38-31)24-35-22-26-17-10-6-11-18-26/h4-13,15-20,28-31,34H,1,14,21-24H2,2-3H3/t28-,29+,30-,31+,33+/m1/s1. The third-order valence-electron chi connectivity index (χ3n) is 7.15. The Morgan fingerprint density at radius 2 is 1.44 bits per heavy atom. The molecule has 0 saturated carbocycles. The van der Waals surface area contributed by atoms with Crippen molar-refractivity contribution in [2.45, 2.75) is 76.0 Å². The van der Waals surface area contributed by atoms with E-state index in [-0.39, 0.29) is 24.9 Å². The van der Waals surface area contributed by atoms with Gasteiger partial charge in [0.2, 0.25) is 5.79 Å². The van der Waals surface area contributed by atoms with Gasteiger partial charge in [0.05, 0.1) is 13.2 Å². The number of hydrogen-bond acceptors (Lipinski definition) is 6. The molecular weight excluding hydrogens is 490 g/mol. The fraction of sp³-hybridized carbons (Fsp3) is 0.394. The van der Waals surface area contributed by atoms with Gasteiger partial charge in [-0.25, -0.2) is 0 Å². The highest BCUT2D eigenvalue weighted by atomic mass is 16.9. The molecule has 0 unspecified atom stereocenters. The summed E-state index contributed by atoms with van der Waals surface area (Å²) in [5, 5.41) is 3.69. The van der Waals surface area contributed by atoms with Crippen LogP contribution in [0.15, 0.2) is 104 Å². The van der Waals surface area contributed by atoms with E-state index < -0.39 is 17.7 Å². The minimum atomic E-state index is -1.10. The van der Waals surface area contributed by atoms with Crippen molar-refractivity contribution in [2.75, 3.05) is 6.61 Å². The Bertz CT molecular complexity index is 1170. The summed E-state index contributed by atoms with van der Waals surface area (Å²) in [4.78, 5) is 0. The Labute approximate surface area is 231 Å². The molecule has 0 bridgehead atoms. The van der Waals surface area contributed by atoms with E-state index >= 15 is 0 Å². The lowest BCUT2D eigenvalue weighted by Crippen LogP contribution is -2.48. The summed E-state index contributed by atoms with van der Waals surface area (Å²) in [5.74, 6) is -1.94. The van der Waals surface area contributed by atoms with Gasteiger partial charge in [-0.05, 0) is 37.0 Å². The molecule has 1 N–H and O–H groups in total. The molecule has 39 heavy (non-hydrogen) atoms. The molecule has 6 nitrogen and oxygen atoms in total. The van der Waals surface area contributed by atoms with Crippen LogP contribution in [0.1, 0.15) is 37.0 Å². The van der Waals surface area contributed by atoms with E-state index in [1.807, 2.05) is 86.7 Å². The van der Waals surface area contributed by atoms with Crippen LogP contribution in [0.25, 0.3) is 0 Å². The van der Waals surface area contributed by atoms with Crippen LogP contribution < -0.4 is 5.32 Å². The molecule has 2 heterocycles. The quantitative estimate of drug-likeness (QED) is 0.284. The lowest BCUT2D eigenvalue weighted by Gasteiger charge is -2.32. The van der Waals surface area contributed by atoms with Crippen molar-refractivity contribution in [3.05, 3.63) is 120 Å². The zero-order valence-corrected chi connectivity index (χ0v) is 22.8. The molecular formula is C33H39NO5. The van der Waals surface area contributed by atoms with Crippen LogP contribution in [0.5, 0.6) is 0 Å². The number of ether oxygens (including phenoxy) is 5. The molecule has 6 heteroatoms. The van der Waals surface area contributed by atoms with Gasteiger partial charge in [-0.3, -0.25) is 0 Å².